The lowest BCUT2D eigenvalue weighted by Crippen LogP contribution is -2.46. The summed E-state index contributed by atoms with van der Waals surface area (Å²) in [7, 11) is 0. The SMILES string of the molecule is Cc1ccn2c(CN3CCC(NC(=O)C4CCCCC4)CC3)cnc2c1. The van der Waals surface area contributed by atoms with E-state index in [2.05, 4.69) is 44.9 Å². The van der Waals surface area contributed by atoms with Crippen LogP contribution in [-0.4, -0.2) is 39.3 Å². The summed E-state index contributed by atoms with van der Waals surface area (Å²) in [6, 6.07) is 4.60. The van der Waals surface area contributed by atoms with Crippen LogP contribution < -0.4 is 5.32 Å². The van der Waals surface area contributed by atoms with Crippen LogP contribution in [0.4, 0.5) is 0 Å². The van der Waals surface area contributed by atoms with Crippen LogP contribution >= 0.6 is 0 Å². The highest BCUT2D eigenvalue weighted by molar-refractivity contribution is 5.79. The van der Waals surface area contributed by atoms with E-state index in [1.165, 1.54) is 30.5 Å². The fourth-order valence-corrected chi connectivity index (χ4v) is 4.40. The number of nitrogens with one attached hydrogen (secondary N) is 1. The molecular weight excluding hydrogens is 324 g/mol. The molecule has 2 fully saturated rings. The zero-order chi connectivity index (χ0) is 17.9. The third kappa shape index (κ3) is 3.93. The van der Waals surface area contributed by atoms with Crippen molar-refractivity contribution in [3.8, 4) is 0 Å². The lowest BCUT2D eigenvalue weighted by Gasteiger charge is -2.33. The van der Waals surface area contributed by atoms with Gasteiger partial charge < -0.3 is 9.72 Å². The van der Waals surface area contributed by atoms with Crippen LogP contribution in [0.3, 0.4) is 0 Å². The maximum absolute atomic E-state index is 12.4. The maximum Gasteiger partial charge on any atom is 0.223 e. The van der Waals surface area contributed by atoms with E-state index in [-0.39, 0.29) is 5.92 Å². The van der Waals surface area contributed by atoms with Gasteiger partial charge in [-0.1, -0.05) is 19.3 Å². The van der Waals surface area contributed by atoms with E-state index in [0.29, 0.717) is 11.9 Å². The van der Waals surface area contributed by atoms with Crippen molar-refractivity contribution in [1.29, 1.82) is 0 Å². The van der Waals surface area contributed by atoms with E-state index in [9.17, 15) is 4.79 Å². The minimum absolute atomic E-state index is 0.267. The summed E-state index contributed by atoms with van der Waals surface area (Å²) >= 11 is 0. The second-order valence-electron chi connectivity index (χ2n) is 8.08. The van der Waals surface area contributed by atoms with Gasteiger partial charge in [0, 0.05) is 37.8 Å². The molecule has 1 amide bonds. The molecule has 2 aliphatic rings. The first-order valence-electron chi connectivity index (χ1n) is 10.1. The number of nitrogens with zero attached hydrogens (tertiary/aromatic N) is 3. The van der Waals surface area contributed by atoms with Crippen LogP contribution in [0.15, 0.2) is 24.5 Å². The molecule has 1 aliphatic heterocycles. The van der Waals surface area contributed by atoms with Crippen molar-refractivity contribution < 1.29 is 4.79 Å². The number of imidazole rings is 1. The number of likely N-dealkylation sites (tertiary alicyclic amines) is 1. The first-order chi connectivity index (χ1) is 12.7. The van der Waals surface area contributed by atoms with Gasteiger partial charge in [0.25, 0.3) is 0 Å². The van der Waals surface area contributed by atoms with Gasteiger partial charge in [-0.05, 0) is 50.3 Å². The molecule has 1 saturated carbocycles. The van der Waals surface area contributed by atoms with Gasteiger partial charge in [-0.25, -0.2) is 4.98 Å². The van der Waals surface area contributed by atoms with Crippen LogP contribution in [0.25, 0.3) is 5.65 Å². The Kier molecular flexibility index (Phi) is 5.25. The van der Waals surface area contributed by atoms with E-state index in [1.807, 2.05) is 6.20 Å². The van der Waals surface area contributed by atoms with Crippen molar-refractivity contribution in [3.63, 3.8) is 0 Å². The van der Waals surface area contributed by atoms with Gasteiger partial charge in [-0.2, -0.15) is 0 Å². The Balaban J connectivity index is 1.28. The van der Waals surface area contributed by atoms with Crippen LogP contribution in [0.2, 0.25) is 0 Å². The standard InChI is InChI=1S/C21H30N4O/c1-16-7-12-25-19(14-22-20(25)13-16)15-24-10-8-18(9-11-24)23-21(26)17-5-3-2-4-6-17/h7,12-14,17-18H,2-6,8-11,15H2,1H3,(H,23,26). The smallest absolute Gasteiger partial charge is 0.223 e. The Bertz CT molecular complexity index is 754. The van der Waals surface area contributed by atoms with Crippen LogP contribution in [-0.2, 0) is 11.3 Å². The van der Waals surface area contributed by atoms with Crippen molar-refractivity contribution in [3.05, 3.63) is 35.8 Å². The predicted molar refractivity (Wildman–Crippen MR) is 103 cm³/mol. The maximum atomic E-state index is 12.4. The highest BCUT2D eigenvalue weighted by Crippen LogP contribution is 2.24. The Labute approximate surface area is 155 Å². The summed E-state index contributed by atoms with van der Waals surface area (Å²) < 4.78 is 2.18. The Morgan fingerprint density at radius 3 is 2.73 bits per heavy atom. The fraction of sp³-hybridized carbons (Fsp3) is 0.619. The molecule has 3 heterocycles. The first kappa shape index (κ1) is 17.5. The van der Waals surface area contributed by atoms with E-state index < -0.39 is 0 Å². The lowest BCUT2D eigenvalue weighted by molar-refractivity contribution is -0.127. The molecule has 4 rings (SSSR count). The van der Waals surface area contributed by atoms with Crippen molar-refractivity contribution in [2.45, 2.75) is 64.5 Å². The van der Waals surface area contributed by atoms with E-state index in [4.69, 9.17) is 0 Å². The summed E-state index contributed by atoms with van der Waals surface area (Å²) in [4.78, 5) is 19.5. The second kappa shape index (κ2) is 7.78. The molecule has 0 atom stereocenters. The monoisotopic (exact) mass is 354 g/mol. The number of hydrogen-bond acceptors (Lipinski definition) is 3. The summed E-state index contributed by atoms with van der Waals surface area (Å²) in [5.41, 5.74) is 3.50. The molecule has 26 heavy (non-hydrogen) atoms. The largest absolute Gasteiger partial charge is 0.353 e. The first-order valence-corrected chi connectivity index (χ1v) is 10.1. The third-order valence-corrected chi connectivity index (χ3v) is 6.04. The molecule has 5 nitrogen and oxygen atoms in total. The summed E-state index contributed by atoms with van der Waals surface area (Å²) in [6.07, 6.45) is 12.1. The Morgan fingerprint density at radius 2 is 1.96 bits per heavy atom. The summed E-state index contributed by atoms with van der Waals surface area (Å²) in [6.45, 7) is 5.09. The number of amides is 1. The number of piperidine rings is 1. The number of carbonyl (C=O) groups is 1. The van der Waals surface area contributed by atoms with Gasteiger partial charge in [0.1, 0.15) is 5.65 Å². The van der Waals surface area contributed by atoms with Gasteiger partial charge in [-0.3, -0.25) is 9.69 Å². The average Bonchev–Trinajstić information content (AvgIpc) is 3.06. The zero-order valence-electron chi connectivity index (χ0n) is 15.8. The molecule has 0 radical (unpaired) electrons. The Hall–Kier alpha value is -1.88. The summed E-state index contributed by atoms with van der Waals surface area (Å²) in [5.74, 6) is 0.573. The number of hydrogen-bond donors (Lipinski definition) is 1. The van der Waals surface area contributed by atoms with E-state index in [1.54, 1.807) is 0 Å². The molecular formula is C21H30N4O. The number of aryl methyl sites for hydroxylation is 1. The molecule has 2 aromatic rings. The quantitative estimate of drug-likeness (QED) is 0.916. The minimum Gasteiger partial charge on any atom is -0.353 e. The minimum atomic E-state index is 0.267. The molecule has 140 valence electrons. The van der Waals surface area contributed by atoms with Crippen LogP contribution in [0, 0.1) is 12.8 Å². The van der Waals surface area contributed by atoms with Crippen molar-refractivity contribution in [1.82, 2.24) is 19.6 Å². The molecule has 1 aliphatic carbocycles. The highest BCUT2D eigenvalue weighted by Gasteiger charge is 2.26. The number of carbonyl (C=O) groups excluding carboxylic acids is 1. The molecule has 0 bridgehead atoms. The van der Waals surface area contributed by atoms with Gasteiger partial charge in [0.05, 0.1) is 11.9 Å². The molecule has 0 spiro atoms. The van der Waals surface area contributed by atoms with Crippen molar-refractivity contribution in [2.75, 3.05) is 13.1 Å². The molecule has 0 unspecified atom stereocenters. The topological polar surface area (TPSA) is 49.6 Å². The second-order valence-corrected chi connectivity index (χ2v) is 8.08. The van der Waals surface area contributed by atoms with Gasteiger partial charge >= 0.3 is 0 Å². The average molecular weight is 354 g/mol. The summed E-state index contributed by atoms with van der Waals surface area (Å²) in [5, 5.41) is 3.32. The fourth-order valence-electron chi connectivity index (χ4n) is 4.40. The third-order valence-electron chi connectivity index (χ3n) is 6.04. The molecule has 5 heteroatoms. The zero-order valence-corrected chi connectivity index (χ0v) is 15.8. The van der Waals surface area contributed by atoms with Crippen LogP contribution in [0.5, 0.6) is 0 Å². The Morgan fingerprint density at radius 1 is 1.19 bits per heavy atom. The number of rotatable bonds is 4. The number of pyridine rings is 1. The lowest BCUT2D eigenvalue weighted by atomic mass is 9.88. The van der Waals surface area contributed by atoms with Gasteiger partial charge in [0.2, 0.25) is 5.91 Å². The predicted octanol–water partition coefficient (Wildman–Crippen LogP) is 3.30. The number of aromatic nitrogens is 2. The molecule has 2 aromatic heterocycles. The van der Waals surface area contributed by atoms with Crippen molar-refractivity contribution in [2.24, 2.45) is 5.92 Å². The number of fused-ring (bicyclic) bond motifs is 1. The molecule has 1 N–H and O–H groups in total. The molecule has 1 saturated heterocycles. The van der Waals surface area contributed by atoms with Gasteiger partial charge in [-0.15, -0.1) is 0 Å². The normalized spacial score (nSPS) is 20.5. The van der Waals surface area contributed by atoms with Crippen molar-refractivity contribution >= 4 is 11.6 Å². The van der Waals surface area contributed by atoms with E-state index in [0.717, 1.165) is 51.0 Å². The molecule has 0 aromatic carbocycles. The van der Waals surface area contributed by atoms with Crippen LogP contribution in [0.1, 0.15) is 56.2 Å². The van der Waals surface area contributed by atoms with E-state index >= 15 is 0 Å². The highest BCUT2D eigenvalue weighted by atomic mass is 16.1. The van der Waals surface area contributed by atoms with Gasteiger partial charge in [0.15, 0.2) is 0 Å².